The summed E-state index contributed by atoms with van der Waals surface area (Å²) in [6.07, 6.45) is 1.25. The lowest BCUT2D eigenvalue weighted by Crippen LogP contribution is -2.53. The maximum atomic E-state index is 13.5. The first kappa shape index (κ1) is 25.8. The average molecular weight is 509 g/mol. The van der Waals surface area contributed by atoms with Gasteiger partial charge in [0.15, 0.2) is 0 Å². The number of fused-ring (bicyclic) bond motifs is 1. The molecule has 8 nitrogen and oxygen atoms in total. The van der Waals surface area contributed by atoms with Gasteiger partial charge in [-0.15, -0.1) is 0 Å². The van der Waals surface area contributed by atoms with Crippen LogP contribution in [0.5, 0.6) is 0 Å². The van der Waals surface area contributed by atoms with Crippen molar-refractivity contribution in [3.05, 3.63) is 71.8 Å². The highest BCUT2D eigenvalue weighted by Crippen LogP contribution is 2.31. The Kier molecular flexibility index (Phi) is 7.73. The highest BCUT2D eigenvalue weighted by Gasteiger charge is 2.33. The monoisotopic (exact) mass is 508 g/mol. The highest BCUT2D eigenvalue weighted by atomic mass is 32.2. The van der Waals surface area contributed by atoms with Crippen molar-refractivity contribution in [2.45, 2.75) is 37.6 Å². The first-order valence-corrected chi connectivity index (χ1v) is 13.6. The van der Waals surface area contributed by atoms with Gasteiger partial charge in [-0.1, -0.05) is 55.8 Å². The summed E-state index contributed by atoms with van der Waals surface area (Å²) in [7, 11) is -3.87. The summed E-state index contributed by atoms with van der Waals surface area (Å²) in [6.45, 7) is 4.75. The number of anilines is 1. The number of hydrogen-bond donors (Lipinski definition) is 3. The molecule has 0 aliphatic carbocycles. The number of rotatable bonds is 7. The van der Waals surface area contributed by atoms with Crippen LogP contribution in [-0.2, 0) is 14.8 Å². The van der Waals surface area contributed by atoms with E-state index in [1.165, 1.54) is 6.07 Å². The van der Waals surface area contributed by atoms with Crippen LogP contribution in [0.25, 0.3) is 10.8 Å². The van der Waals surface area contributed by atoms with E-state index in [-0.39, 0.29) is 35.2 Å². The fourth-order valence-electron chi connectivity index (χ4n) is 4.85. The molecule has 0 radical (unpaired) electrons. The Balaban J connectivity index is 1.61. The second kappa shape index (κ2) is 10.8. The van der Waals surface area contributed by atoms with E-state index in [2.05, 4.69) is 10.0 Å². The molecule has 2 atom stereocenters. The predicted molar refractivity (Wildman–Crippen MR) is 141 cm³/mol. The zero-order valence-corrected chi connectivity index (χ0v) is 21.3. The molecule has 0 bridgehead atoms. The average Bonchev–Trinajstić information content (AvgIpc) is 2.88. The second-order valence-electron chi connectivity index (χ2n) is 9.15. The maximum absolute atomic E-state index is 13.5. The number of piperidine rings is 1. The maximum Gasteiger partial charge on any atom is 0.255 e. The number of aryl methyl sites for hydroxylation is 1. The first-order valence-electron chi connectivity index (χ1n) is 12.1. The smallest absolute Gasteiger partial charge is 0.255 e. The number of carbonyl (C=O) groups is 2. The molecular weight excluding hydrogens is 476 g/mol. The SMILES string of the molecule is CC[C@H]1CN(C(=O)CN)CC[C@H]1NS(=O)(=O)c1ccc(NC(=O)c2ccccc2C)c2ccccc12. The van der Waals surface area contributed by atoms with Crippen LogP contribution in [0.15, 0.2) is 65.6 Å². The third kappa shape index (κ3) is 5.28. The lowest BCUT2D eigenvalue weighted by molar-refractivity contribution is -0.131. The molecule has 9 heteroatoms. The second-order valence-corrected chi connectivity index (χ2v) is 10.8. The van der Waals surface area contributed by atoms with Crippen molar-refractivity contribution < 1.29 is 18.0 Å². The van der Waals surface area contributed by atoms with Gasteiger partial charge in [0.2, 0.25) is 15.9 Å². The number of nitrogens with zero attached hydrogens (tertiary/aromatic N) is 1. The molecule has 4 rings (SSSR count). The number of hydrogen-bond acceptors (Lipinski definition) is 5. The summed E-state index contributed by atoms with van der Waals surface area (Å²) in [5.74, 6) is -0.386. The highest BCUT2D eigenvalue weighted by molar-refractivity contribution is 7.89. The van der Waals surface area contributed by atoms with E-state index in [1.54, 1.807) is 41.3 Å². The number of carbonyl (C=O) groups excluding carboxylic acids is 2. The summed E-state index contributed by atoms with van der Waals surface area (Å²) in [6, 6.07) is 17.3. The fraction of sp³-hybridized carbons (Fsp3) is 0.333. The molecule has 3 aromatic carbocycles. The van der Waals surface area contributed by atoms with E-state index in [9.17, 15) is 18.0 Å². The number of nitrogens with two attached hydrogens (primary N) is 1. The van der Waals surface area contributed by atoms with Gasteiger partial charge in [0.25, 0.3) is 5.91 Å². The van der Waals surface area contributed by atoms with E-state index in [0.717, 1.165) is 12.0 Å². The molecule has 1 aliphatic rings. The first-order chi connectivity index (χ1) is 17.2. The van der Waals surface area contributed by atoms with E-state index in [4.69, 9.17) is 5.73 Å². The molecule has 190 valence electrons. The molecule has 0 saturated carbocycles. The Labute approximate surface area is 211 Å². The van der Waals surface area contributed by atoms with Gasteiger partial charge in [-0.2, -0.15) is 0 Å². The fourth-order valence-corrected chi connectivity index (χ4v) is 6.40. The van der Waals surface area contributed by atoms with Gasteiger partial charge in [0.1, 0.15) is 0 Å². The molecule has 0 spiro atoms. The molecule has 36 heavy (non-hydrogen) atoms. The van der Waals surface area contributed by atoms with Crippen LogP contribution >= 0.6 is 0 Å². The Morgan fingerprint density at radius 1 is 1.03 bits per heavy atom. The van der Waals surface area contributed by atoms with Crippen molar-refractivity contribution in [2.24, 2.45) is 11.7 Å². The van der Waals surface area contributed by atoms with Crippen LogP contribution in [0.3, 0.4) is 0 Å². The third-order valence-corrected chi connectivity index (χ3v) is 8.45. The van der Waals surface area contributed by atoms with Crippen LogP contribution in [0.2, 0.25) is 0 Å². The van der Waals surface area contributed by atoms with Crippen LogP contribution in [0, 0.1) is 12.8 Å². The molecule has 1 saturated heterocycles. The van der Waals surface area contributed by atoms with E-state index in [0.29, 0.717) is 41.5 Å². The molecule has 2 amide bonds. The number of likely N-dealkylation sites (tertiary alicyclic amines) is 1. The van der Waals surface area contributed by atoms with Crippen molar-refractivity contribution in [1.29, 1.82) is 0 Å². The Hall–Kier alpha value is -3.27. The predicted octanol–water partition coefficient (Wildman–Crippen LogP) is 3.26. The number of amides is 2. The van der Waals surface area contributed by atoms with Crippen molar-refractivity contribution >= 4 is 38.3 Å². The van der Waals surface area contributed by atoms with Crippen LogP contribution in [0.1, 0.15) is 35.7 Å². The molecule has 1 fully saturated rings. The van der Waals surface area contributed by atoms with E-state index < -0.39 is 10.0 Å². The largest absolute Gasteiger partial charge is 0.341 e. The summed E-state index contributed by atoms with van der Waals surface area (Å²) >= 11 is 0. The van der Waals surface area contributed by atoms with Gasteiger partial charge >= 0.3 is 0 Å². The Morgan fingerprint density at radius 2 is 1.72 bits per heavy atom. The summed E-state index contributed by atoms with van der Waals surface area (Å²) in [5, 5.41) is 4.10. The Morgan fingerprint density at radius 3 is 2.42 bits per heavy atom. The molecule has 0 aromatic heterocycles. The van der Waals surface area contributed by atoms with Crippen molar-refractivity contribution in [1.82, 2.24) is 9.62 Å². The molecular formula is C27H32N4O4S. The normalized spacial score (nSPS) is 18.2. The summed E-state index contributed by atoms with van der Waals surface area (Å²) < 4.78 is 30.0. The topological polar surface area (TPSA) is 122 Å². The Bertz CT molecular complexity index is 1390. The molecule has 3 aromatic rings. The number of nitrogens with one attached hydrogen (secondary N) is 2. The lowest BCUT2D eigenvalue weighted by Gasteiger charge is -2.38. The van der Waals surface area contributed by atoms with Gasteiger partial charge < -0.3 is 16.0 Å². The van der Waals surface area contributed by atoms with Crippen molar-refractivity contribution in [3.8, 4) is 0 Å². The molecule has 0 unspecified atom stereocenters. The van der Waals surface area contributed by atoms with Crippen LogP contribution < -0.4 is 15.8 Å². The minimum Gasteiger partial charge on any atom is -0.341 e. The third-order valence-electron chi connectivity index (χ3n) is 6.90. The zero-order valence-electron chi connectivity index (χ0n) is 20.5. The minimum atomic E-state index is -3.87. The lowest BCUT2D eigenvalue weighted by atomic mass is 9.90. The van der Waals surface area contributed by atoms with E-state index in [1.807, 2.05) is 32.0 Å². The van der Waals surface area contributed by atoms with Gasteiger partial charge in [-0.3, -0.25) is 9.59 Å². The van der Waals surface area contributed by atoms with E-state index >= 15 is 0 Å². The van der Waals surface area contributed by atoms with Gasteiger partial charge in [0, 0.05) is 41.2 Å². The van der Waals surface area contributed by atoms with Gasteiger partial charge in [-0.05, 0) is 43.0 Å². The van der Waals surface area contributed by atoms with Crippen LogP contribution in [0.4, 0.5) is 5.69 Å². The van der Waals surface area contributed by atoms with Gasteiger partial charge in [-0.25, -0.2) is 13.1 Å². The minimum absolute atomic E-state index is 0.0111. The van der Waals surface area contributed by atoms with Crippen LogP contribution in [-0.4, -0.2) is 50.8 Å². The van der Waals surface area contributed by atoms with Crippen molar-refractivity contribution in [3.63, 3.8) is 0 Å². The summed E-state index contributed by atoms with van der Waals surface area (Å²) in [4.78, 5) is 26.8. The van der Waals surface area contributed by atoms with Crippen molar-refractivity contribution in [2.75, 3.05) is 25.0 Å². The molecule has 1 heterocycles. The number of sulfonamides is 1. The number of benzene rings is 3. The quantitative estimate of drug-likeness (QED) is 0.452. The summed E-state index contributed by atoms with van der Waals surface area (Å²) in [5.41, 5.74) is 7.46. The zero-order chi connectivity index (χ0) is 25.9. The standard InChI is InChI=1S/C27H32N4O4S/c1-3-19-17-31(26(32)16-28)15-14-23(19)30-36(34,35)25-13-12-24(21-10-6-7-11-22(21)25)29-27(33)20-9-5-4-8-18(20)2/h4-13,19,23,30H,3,14-17,28H2,1-2H3,(H,29,33)/t19-,23+/m0/s1. The molecule has 4 N–H and O–H groups in total. The molecule has 1 aliphatic heterocycles. The van der Waals surface area contributed by atoms with Gasteiger partial charge in [0.05, 0.1) is 11.4 Å².